The van der Waals surface area contributed by atoms with Crippen LogP contribution in [0, 0.1) is 11.3 Å². The number of rotatable bonds is 7. The standard InChI is InChI=1S/C23H29NO/c1-6-23(4,5)17(2)16-24-22(25)21-14-12-20(13-15-21)18(3)19-10-8-7-9-11-19/h7-15,17H,3,6,16H2,1-2,4-5H3,(H,24,25). The Morgan fingerprint density at radius 2 is 1.52 bits per heavy atom. The first kappa shape index (κ1) is 19.0. The maximum atomic E-state index is 12.4. The van der Waals surface area contributed by atoms with E-state index in [1.807, 2.05) is 54.6 Å². The predicted octanol–water partition coefficient (Wildman–Crippen LogP) is 5.55. The molecule has 1 N–H and O–H groups in total. The zero-order valence-corrected chi connectivity index (χ0v) is 15.8. The van der Waals surface area contributed by atoms with Crippen molar-refractivity contribution >= 4 is 11.5 Å². The molecule has 0 aliphatic carbocycles. The van der Waals surface area contributed by atoms with E-state index in [1.54, 1.807) is 0 Å². The van der Waals surface area contributed by atoms with Gasteiger partial charge in [-0.2, -0.15) is 0 Å². The highest BCUT2D eigenvalue weighted by atomic mass is 16.1. The van der Waals surface area contributed by atoms with Crippen LogP contribution in [-0.2, 0) is 0 Å². The highest BCUT2D eigenvalue weighted by Gasteiger charge is 2.24. The minimum atomic E-state index is -0.0179. The molecule has 0 radical (unpaired) electrons. The van der Waals surface area contributed by atoms with Gasteiger partial charge in [-0.25, -0.2) is 0 Å². The van der Waals surface area contributed by atoms with Crippen LogP contribution in [0.1, 0.15) is 55.6 Å². The first-order chi connectivity index (χ1) is 11.8. The van der Waals surface area contributed by atoms with Gasteiger partial charge in [0.05, 0.1) is 0 Å². The van der Waals surface area contributed by atoms with Crippen molar-refractivity contribution in [2.45, 2.75) is 34.1 Å². The highest BCUT2D eigenvalue weighted by Crippen LogP contribution is 2.29. The summed E-state index contributed by atoms with van der Waals surface area (Å²) in [7, 11) is 0. The maximum absolute atomic E-state index is 12.4. The molecule has 2 aromatic rings. The topological polar surface area (TPSA) is 29.1 Å². The fourth-order valence-electron chi connectivity index (χ4n) is 2.60. The van der Waals surface area contributed by atoms with Crippen molar-refractivity contribution in [1.82, 2.24) is 5.32 Å². The Morgan fingerprint density at radius 3 is 2.08 bits per heavy atom. The van der Waals surface area contributed by atoms with Crippen molar-refractivity contribution in [3.8, 4) is 0 Å². The fourth-order valence-corrected chi connectivity index (χ4v) is 2.60. The molecule has 0 saturated heterocycles. The number of carbonyl (C=O) groups excluding carboxylic acids is 1. The van der Waals surface area contributed by atoms with Gasteiger partial charge < -0.3 is 5.32 Å². The summed E-state index contributed by atoms with van der Waals surface area (Å²) in [6, 6.07) is 17.7. The summed E-state index contributed by atoms with van der Waals surface area (Å²) < 4.78 is 0. The van der Waals surface area contributed by atoms with E-state index in [2.05, 4.69) is 39.6 Å². The lowest BCUT2D eigenvalue weighted by atomic mass is 9.78. The molecule has 0 aliphatic rings. The molecule has 1 amide bonds. The largest absolute Gasteiger partial charge is 0.352 e. The summed E-state index contributed by atoms with van der Waals surface area (Å²) in [6.45, 7) is 13.7. The second kappa shape index (κ2) is 8.15. The molecule has 0 fully saturated rings. The molecule has 2 nitrogen and oxygen atoms in total. The van der Waals surface area contributed by atoms with Gasteiger partial charge in [-0.1, -0.05) is 83.2 Å². The van der Waals surface area contributed by atoms with Crippen LogP contribution in [0.15, 0.2) is 61.2 Å². The molecule has 1 unspecified atom stereocenters. The summed E-state index contributed by atoms with van der Waals surface area (Å²) >= 11 is 0. The molecule has 2 rings (SSSR count). The third kappa shape index (κ3) is 4.82. The molecule has 0 aromatic heterocycles. The average molecular weight is 335 g/mol. The molecular weight excluding hydrogens is 306 g/mol. The van der Waals surface area contributed by atoms with Gasteiger partial charge in [-0.3, -0.25) is 4.79 Å². The second-order valence-corrected chi connectivity index (χ2v) is 7.38. The molecule has 0 spiro atoms. The number of amides is 1. The maximum Gasteiger partial charge on any atom is 0.251 e. The van der Waals surface area contributed by atoms with Crippen molar-refractivity contribution in [2.75, 3.05) is 6.54 Å². The quantitative estimate of drug-likeness (QED) is 0.706. The van der Waals surface area contributed by atoms with E-state index in [-0.39, 0.29) is 11.3 Å². The van der Waals surface area contributed by atoms with Gasteiger partial charge in [0.1, 0.15) is 0 Å². The summed E-state index contributed by atoms with van der Waals surface area (Å²) in [4.78, 5) is 12.4. The fraction of sp³-hybridized carbons (Fsp3) is 0.348. The Kier molecular flexibility index (Phi) is 6.19. The summed E-state index contributed by atoms with van der Waals surface area (Å²) in [5, 5.41) is 3.06. The number of hydrogen-bond acceptors (Lipinski definition) is 1. The summed E-state index contributed by atoms with van der Waals surface area (Å²) in [6.07, 6.45) is 1.10. The number of hydrogen-bond donors (Lipinski definition) is 1. The molecule has 2 heteroatoms. The van der Waals surface area contributed by atoms with Gasteiger partial charge in [-0.05, 0) is 40.2 Å². The van der Waals surface area contributed by atoms with E-state index in [0.717, 1.165) is 23.1 Å². The van der Waals surface area contributed by atoms with Crippen molar-refractivity contribution in [2.24, 2.45) is 11.3 Å². The van der Waals surface area contributed by atoms with Crippen LogP contribution >= 0.6 is 0 Å². The smallest absolute Gasteiger partial charge is 0.251 e. The Morgan fingerprint density at radius 1 is 1.00 bits per heavy atom. The summed E-state index contributed by atoms with van der Waals surface area (Å²) in [5.74, 6) is 0.411. The lowest BCUT2D eigenvalue weighted by Gasteiger charge is -2.30. The molecular formula is C23H29NO. The van der Waals surface area contributed by atoms with Crippen LogP contribution < -0.4 is 5.32 Å². The number of nitrogens with one attached hydrogen (secondary N) is 1. The van der Waals surface area contributed by atoms with Gasteiger partial charge in [0.25, 0.3) is 5.91 Å². The second-order valence-electron chi connectivity index (χ2n) is 7.38. The monoisotopic (exact) mass is 335 g/mol. The van der Waals surface area contributed by atoms with E-state index < -0.39 is 0 Å². The molecule has 132 valence electrons. The average Bonchev–Trinajstić information content (AvgIpc) is 2.65. The number of benzene rings is 2. The van der Waals surface area contributed by atoms with Gasteiger partial charge in [0, 0.05) is 12.1 Å². The van der Waals surface area contributed by atoms with Crippen molar-refractivity contribution in [1.29, 1.82) is 0 Å². The predicted molar refractivity (Wildman–Crippen MR) is 107 cm³/mol. The summed E-state index contributed by atoms with van der Waals surface area (Å²) in [5.41, 5.74) is 4.00. The van der Waals surface area contributed by atoms with Crippen LogP contribution in [0.2, 0.25) is 0 Å². The van der Waals surface area contributed by atoms with E-state index in [4.69, 9.17) is 0 Å². The van der Waals surface area contributed by atoms with E-state index >= 15 is 0 Å². The molecule has 0 bridgehead atoms. The Balaban J connectivity index is 2.00. The van der Waals surface area contributed by atoms with Crippen LogP contribution in [0.25, 0.3) is 5.57 Å². The Labute approximate surface area is 152 Å². The third-order valence-electron chi connectivity index (χ3n) is 5.43. The lowest BCUT2D eigenvalue weighted by molar-refractivity contribution is 0.0932. The van der Waals surface area contributed by atoms with Gasteiger partial charge in [-0.15, -0.1) is 0 Å². The molecule has 1 atom stereocenters. The Bertz CT molecular complexity index is 714. The lowest BCUT2D eigenvalue weighted by Crippen LogP contribution is -2.34. The highest BCUT2D eigenvalue weighted by molar-refractivity contribution is 5.94. The van der Waals surface area contributed by atoms with Crippen LogP contribution in [0.3, 0.4) is 0 Å². The normalized spacial score (nSPS) is 12.5. The van der Waals surface area contributed by atoms with Crippen molar-refractivity contribution in [3.05, 3.63) is 77.9 Å². The van der Waals surface area contributed by atoms with Gasteiger partial charge in [0.2, 0.25) is 0 Å². The van der Waals surface area contributed by atoms with Gasteiger partial charge >= 0.3 is 0 Å². The molecule has 2 aromatic carbocycles. The van der Waals surface area contributed by atoms with E-state index in [0.29, 0.717) is 18.0 Å². The minimum absolute atomic E-state index is 0.0179. The first-order valence-corrected chi connectivity index (χ1v) is 8.98. The molecule has 25 heavy (non-hydrogen) atoms. The zero-order valence-electron chi connectivity index (χ0n) is 15.8. The zero-order chi connectivity index (χ0) is 18.4. The van der Waals surface area contributed by atoms with Crippen LogP contribution in [-0.4, -0.2) is 12.5 Å². The van der Waals surface area contributed by atoms with E-state index in [9.17, 15) is 4.79 Å². The minimum Gasteiger partial charge on any atom is -0.352 e. The third-order valence-corrected chi connectivity index (χ3v) is 5.43. The molecule has 0 saturated carbocycles. The molecule has 0 aliphatic heterocycles. The van der Waals surface area contributed by atoms with Crippen LogP contribution in [0.4, 0.5) is 0 Å². The van der Waals surface area contributed by atoms with Crippen molar-refractivity contribution in [3.63, 3.8) is 0 Å². The van der Waals surface area contributed by atoms with E-state index in [1.165, 1.54) is 0 Å². The Hall–Kier alpha value is -2.35. The SMILES string of the molecule is C=C(c1ccccc1)c1ccc(C(=O)NCC(C)C(C)(C)CC)cc1. The first-order valence-electron chi connectivity index (χ1n) is 8.98. The van der Waals surface area contributed by atoms with Gasteiger partial charge in [0.15, 0.2) is 0 Å². The number of carbonyl (C=O) groups is 1. The molecule has 0 heterocycles. The van der Waals surface area contributed by atoms with Crippen LogP contribution in [0.5, 0.6) is 0 Å². The van der Waals surface area contributed by atoms with Crippen molar-refractivity contribution < 1.29 is 4.79 Å².